The highest BCUT2D eigenvalue weighted by molar-refractivity contribution is 5.94. The highest BCUT2D eigenvalue weighted by Gasteiger charge is 2.52. The fourth-order valence-corrected chi connectivity index (χ4v) is 6.02. The molecule has 3 atom stereocenters. The smallest absolute Gasteiger partial charge is 0.253 e. The third kappa shape index (κ3) is 5.21. The van der Waals surface area contributed by atoms with Crippen molar-refractivity contribution in [1.82, 2.24) is 20.4 Å². The fraction of sp³-hybridized carbons (Fsp3) is 0.500. The van der Waals surface area contributed by atoms with Crippen LogP contribution in [0.4, 0.5) is 0 Å². The second kappa shape index (κ2) is 10.4. The average Bonchev–Trinajstić information content (AvgIpc) is 3.52. The van der Waals surface area contributed by atoms with E-state index < -0.39 is 0 Å². The lowest BCUT2D eigenvalue weighted by atomic mass is 9.75. The molecular formula is C28H36N4O3. The first-order chi connectivity index (χ1) is 17.0. The molecule has 0 aromatic heterocycles. The molecule has 0 radical (unpaired) electrons. The molecule has 2 N–H and O–H groups in total. The molecule has 0 saturated carbocycles. The SMILES string of the molecule is CC(=O)N[C@@]12CCN(C(=O)c3ccc(OCCN4CCCC4)cc3)C[C@@H]1[C@@H](c1ccccc1)NC2. The Morgan fingerprint density at radius 1 is 1.06 bits per heavy atom. The quantitative estimate of drug-likeness (QED) is 0.643. The summed E-state index contributed by atoms with van der Waals surface area (Å²) in [4.78, 5) is 29.9. The number of amides is 2. The van der Waals surface area contributed by atoms with Gasteiger partial charge in [-0.25, -0.2) is 0 Å². The zero-order valence-electron chi connectivity index (χ0n) is 20.5. The van der Waals surface area contributed by atoms with E-state index in [1.807, 2.05) is 47.4 Å². The summed E-state index contributed by atoms with van der Waals surface area (Å²) in [5, 5.41) is 6.88. The van der Waals surface area contributed by atoms with Gasteiger partial charge in [0.2, 0.25) is 5.91 Å². The highest BCUT2D eigenvalue weighted by Crippen LogP contribution is 2.42. The minimum absolute atomic E-state index is 0.0226. The standard InChI is InChI=1S/C28H36N4O3/c1-21(33)30-28-13-16-32(19-25(28)26(29-20-28)22-7-3-2-4-8-22)27(34)23-9-11-24(12-10-23)35-18-17-31-14-5-6-15-31/h2-4,7-12,25-26,29H,5-6,13-20H2,1H3,(H,30,33)/t25-,26-,28-/m1/s1. The predicted octanol–water partition coefficient (Wildman–Crippen LogP) is 2.84. The minimum Gasteiger partial charge on any atom is -0.492 e. The van der Waals surface area contributed by atoms with E-state index in [1.165, 1.54) is 18.4 Å². The highest BCUT2D eigenvalue weighted by atomic mass is 16.5. The Morgan fingerprint density at radius 2 is 1.80 bits per heavy atom. The van der Waals surface area contributed by atoms with Crippen molar-refractivity contribution in [3.63, 3.8) is 0 Å². The summed E-state index contributed by atoms with van der Waals surface area (Å²) in [5.74, 6) is 0.905. The molecule has 7 nitrogen and oxygen atoms in total. The van der Waals surface area contributed by atoms with Gasteiger partial charge in [0.25, 0.3) is 5.91 Å². The van der Waals surface area contributed by atoms with Crippen molar-refractivity contribution >= 4 is 11.8 Å². The summed E-state index contributed by atoms with van der Waals surface area (Å²) in [6.07, 6.45) is 3.29. The van der Waals surface area contributed by atoms with Crippen molar-refractivity contribution in [1.29, 1.82) is 0 Å². The Morgan fingerprint density at radius 3 is 2.51 bits per heavy atom. The number of hydrogen-bond acceptors (Lipinski definition) is 5. The molecule has 0 unspecified atom stereocenters. The second-order valence-corrected chi connectivity index (χ2v) is 10.1. The maximum atomic E-state index is 13.4. The van der Waals surface area contributed by atoms with Crippen molar-refractivity contribution in [3.05, 3.63) is 65.7 Å². The summed E-state index contributed by atoms with van der Waals surface area (Å²) in [7, 11) is 0. The number of benzene rings is 2. The van der Waals surface area contributed by atoms with Gasteiger partial charge >= 0.3 is 0 Å². The van der Waals surface area contributed by atoms with Gasteiger partial charge in [0.05, 0.1) is 5.54 Å². The van der Waals surface area contributed by atoms with E-state index in [0.717, 1.165) is 31.8 Å². The van der Waals surface area contributed by atoms with Crippen molar-refractivity contribution in [2.75, 3.05) is 45.9 Å². The van der Waals surface area contributed by atoms with Gasteiger partial charge in [0, 0.05) is 50.6 Å². The lowest BCUT2D eigenvalue weighted by Gasteiger charge is -2.45. The number of nitrogens with zero attached hydrogens (tertiary/aromatic N) is 2. The number of nitrogens with one attached hydrogen (secondary N) is 2. The molecule has 0 spiro atoms. The van der Waals surface area contributed by atoms with Gasteiger partial charge in [-0.1, -0.05) is 30.3 Å². The number of ether oxygens (including phenoxy) is 1. The Hall–Kier alpha value is -2.90. The third-order valence-corrected chi connectivity index (χ3v) is 7.84. The molecule has 2 aromatic rings. The first-order valence-corrected chi connectivity index (χ1v) is 12.9. The van der Waals surface area contributed by atoms with E-state index in [4.69, 9.17) is 4.74 Å². The maximum absolute atomic E-state index is 13.4. The first kappa shape index (κ1) is 23.8. The summed E-state index contributed by atoms with van der Waals surface area (Å²) in [5.41, 5.74) is 1.52. The second-order valence-electron chi connectivity index (χ2n) is 10.1. The summed E-state index contributed by atoms with van der Waals surface area (Å²) in [6, 6.07) is 17.9. The zero-order chi connectivity index (χ0) is 24.3. The third-order valence-electron chi connectivity index (χ3n) is 7.84. The summed E-state index contributed by atoms with van der Waals surface area (Å²) in [6.45, 7) is 7.45. The number of carbonyl (C=O) groups is 2. The molecule has 0 bridgehead atoms. The number of piperidine rings is 1. The van der Waals surface area contributed by atoms with Crippen LogP contribution in [0, 0.1) is 5.92 Å². The predicted molar refractivity (Wildman–Crippen MR) is 135 cm³/mol. The molecule has 3 fully saturated rings. The van der Waals surface area contributed by atoms with E-state index in [9.17, 15) is 9.59 Å². The van der Waals surface area contributed by atoms with Gasteiger partial charge in [-0.15, -0.1) is 0 Å². The number of hydrogen-bond donors (Lipinski definition) is 2. The molecular weight excluding hydrogens is 440 g/mol. The van der Waals surface area contributed by atoms with Crippen LogP contribution in [-0.4, -0.2) is 73.0 Å². The minimum atomic E-state index is -0.337. The van der Waals surface area contributed by atoms with Crippen LogP contribution in [0.1, 0.15) is 48.1 Å². The molecule has 3 heterocycles. The monoisotopic (exact) mass is 476 g/mol. The lowest BCUT2D eigenvalue weighted by Crippen LogP contribution is -2.61. The van der Waals surface area contributed by atoms with Crippen LogP contribution < -0.4 is 15.4 Å². The molecule has 3 aliphatic rings. The number of likely N-dealkylation sites (tertiary alicyclic amines) is 2. The van der Waals surface area contributed by atoms with Gasteiger partial charge in [-0.3, -0.25) is 14.5 Å². The molecule has 5 rings (SSSR count). The molecule has 35 heavy (non-hydrogen) atoms. The van der Waals surface area contributed by atoms with Gasteiger partial charge in [0.1, 0.15) is 12.4 Å². The number of rotatable bonds is 7. The molecule has 186 valence electrons. The Labute approximate surface area is 207 Å². The van der Waals surface area contributed by atoms with E-state index in [0.29, 0.717) is 31.8 Å². The van der Waals surface area contributed by atoms with E-state index in [-0.39, 0.29) is 29.3 Å². The van der Waals surface area contributed by atoms with Gasteiger partial charge in [-0.2, -0.15) is 0 Å². The lowest BCUT2D eigenvalue weighted by molar-refractivity contribution is -0.121. The molecule has 2 aromatic carbocycles. The van der Waals surface area contributed by atoms with Crippen molar-refractivity contribution in [2.24, 2.45) is 5.92 Å². The van der Waals surface area contributed by atoms with Gasteiger partial charge < -0.3 is 20.3 Å². The van der Waals surface area contributed by atoms with Crippen LogP contribution >= 0.6 is 0 Å². The fourth-order valence-electron chi connectivity index (χ4n) is 6.02. The van der Waals surface area contributed by atoms with Crippen LogP contribution in [-0.2, 0) is 4.79 Å². The van der Waals surface area contributed by atoms with E-state index in [1.54, 1.807) is 6.92 Å². The number of fused-ring (bicyclic) bond motifs is 1. The van der Waals surface area contributed by atoms with Crippen molar-refractivity contribution in [3.8, 4) is 5.75 Å². The van der Waals surface area contributed by atoms with Crippen LogP contribution in [0.2, 0.25) is 0 Å². The molecule has 7 heteroatoms. The average molecular weight is 477 g/mol. The van der Waals surface area contributed by atoms with Crippen molar-refractivity contribution in [2.45, 2.75) is 37.8 Å². The summed E-state index contributed by atoms with van der Waals surface area (Å²) < 4.78 is 5.90. The van der Waals surface area contributed by atoms with Crippen LogP contribution in [0.25, 0.3) is 0 Å². The van der Waals surface area contributed by atoms with E-state index >= 15 is 0 Å². The van der Waals surface area contributed by atoms with Crippen LogP contribution in [0.3, 0.4) is 0 Å². The Kier molecular flexibility index (Phi) is 7.07. The topological polar surface area (TPSA) is 73.9 Å². The van der Waals surface area contributed by atoms with Gasteiger partial charge in [-0.05, 0) is 62.2 Å². The molecule has 3 saturated heterocycles. The Bertz CT molecular complexity index is 1020. The van der Waals surface area contributed by atoms with Crippen LogP contribution in [0.15, 0.2) is 54.6 Å². The molecule has 2 amide bonds. The first-order valence-electron chi connectivity index (χ1n) is 12.9. The largest absolute Gasteiger partial charge is 0.492 e. The normalized spacial score (nSPS) is 26.4. The van der Waals surface area contributed by atoms with Crippen LogP contribution in [0.5, 0.6) is 5.75 Å². The maximum Gasteiger partial charge on any atom is 0.253 e. The molecule has 0 aliphatic carbocycles. The Balaban J connectivity index is 1.25. The van der Waals surface area contributed by atoms with Crippen molar-refractivity contribution < 1.29 is 14.3 Å². The zero-order valence-corrected chi connectivity index (χ0v) is 20.5. The summed E-state index contributed by atoms with van der Waals surface area (Å²) >= 11 is 0. The van der Waals surface area contributed by atoms with E-state index in [2.05, 4.69) is 27.7 Å². The van der Waals surface area contributed by atoms with Gasteiger partial charge in [0.15, 0.2) is 0 Å². The number of carbonyl (C=O) groups excluding carboxylic acids is 2. The molecule has 3 aliphatic heterocycles.